The fraction of sp³-hybridized carbons (Fsp3) is 0.250. The Morgan fingerprint density at radius 2 is 1.80 bits per heavy atom. The van der Waals surface area contributed by atoms with Gasteiger partial charge in [-0.3, -0.25) is 0 Å². The molecule has 1 nitrogen and oxygen atoms in total. The first-order valence-corrected chi connectivity index (χ1v) is 7.35. The summed E-state index contributed by atoms with van der Waals surface area (Å²) in [5.74, 6) is 0. The highest BCUT2D eigenvalue weighted by molar-refractivity contribution is 6.36. The molecule has 0 radical (unpaired) electrons. The molecule has 0 aliphatic carbocycles. The molecule has 4 heteroatoms. The van der Waals surface area contributed by atoms with E-state index in [4.69, 9.17) is 23.2 Å². The van der Waals surface area contributed by atoms with Crippen LogP contribution in [0.3, 0.4) is 0 Å². The van der Waals surface area contributed by atoms with Crippen molar-refractivity contribution in [1.29, 1.82) is 0 Å². The smallest absolute Gasteiger partial charge is 0.131 e. The molecule has 3 rings (SSSR count). The molecule has 0 aromatic heterocycles. The van der Waals surface area contributed by atoms with Crippen molar-refractivity contribution in [3.8, 4) is 0 Å². The molecule has 1 atom stereocenters. The molecule has 0 amide bonds. The van der Waals surface area contributed by atoms with Gasteiger partial charge in [0.05, 0.1) is 0 Å². The lowest BCUT2D eigenvalue weighted by molar-refractivity contribution is 0.343. The second-order valence-electron chi connectivity index (χ2n) is 4.93. The summed E-state index contributed by atoms with van der Waals surface area (Å²) >= 11 is 12.2. The first-order valence-electron chi connectivity index (χ1n) is 6.59. The van der Waals surface area contributed by atoms with E-state index in [0.29, 0.717) is 21.2 Å². The van der Waals surface area contributed by atoms with Gasteiger partial charge in [-0.15, -0.1) is 0 Å². The molecule has 2 aromatic carbocycles. The van der Waals surface area contributed by atoms with E-state index in [2.05, 4.69) is 5.32 Å². The van der Waals surface area contributed by atoms with E-state index in [1.165, 1.54) is 5.56 Å². The number of hydrogen-bond donors (Lipinski definition) is 1. The van der Waals surface area contributed by atoms with E-state index in [1.807, 2.05) is 18.2 Å². The summed E-state index contributed by atoms with van der Waals surface area (Å²) in [7, 11) is 0. The Balaban J connectivity index is 1.91. The summed E-state index contributed by atoms with van der Waals surface area (Å²) in [6.45, 7) is 0.867. The van der Waals surface area contributed by atoms with Crippen molar-refractivity contribution in [3.05, 3.63) is 63.1 Å². The Kier molecular flexibility index (Phi) is 3.86. The third-order valence-corrected chi connectivity index (χ3v) is 4.37. The number of hydrogen-bond acceptors (Lipinski definition) is 1. The molecular weight excluding hydrogens is 296 g/mol. The zero-order valence-electron chi connectivity index (χ0n) is 10.8. The largest absolute Gasteiger partial charge is 0.384 e. The van der Waals surface area contributed by atoms with Crippen molar-refractivity contribution in [1.82, 2.24) is 0 Å². The minimum atomic E-state index is -1.12. The normalized spacial score (nSPS) is 14.8. The van der Waals surface area contributed by atoms with Gasteiger partial charge >= 0.3 is 0 Å². The van der Waals surface area contributed by atoms with Crippen molar-refractivity contribution in [2.24, 2.45) is 0 Å². The highest BCUT2D eigenvalue weighted by atomic mass is 35.5. The minimum absolute atomic E-state index is 0.191. The Morgan fingerprint density at radius 3 is 2.55 bits per heavy atom. The molecule has 1 unspecified atom stereocenters. The molecule has 0 fully saturated rings. The van der Waals surface area contributed by atoms with Crippen LogP contribution in [0, 0.1) is 0 Å². The van der Waals surface area contributed by atoms with Crippen molar-refractivity contribution in [2.45, 2.75) is 19.0 Å². The highest BCUT2D eigenvalue weighted by Crippen LogP contribution is 2.36. The minimum Gasteiger partial charge on any atom is -0.384 e. The molecular formula is C16H14Cl2FN. The topological polar surface area (TPSA) is 12.0 Å². The van der Waals surface area contributed by atoms with Crippen molar-refractivity contribution >= 4 is 28.9 Å². The molecule has 1 aliphatic rings. The predicted octanol–water partition coefficient (Wildman–Crippen LogP) is 5.21. The molecule has 0 bridgehead atoms. The maximum absolute atomic E-state index is 14.7. The molecule has 1 N–H and O–H groups in total. The van der Waals surface area contributed by atoms with Gasteiger partial charge in [-0.2, -0.15) is 0 Å². The average molecular weight is 310 g/mol. The lowest BCUT2D eigenvalue weighted by Crippen LogP contribution is -2.02. The quantitative estimate of drug-likeness (QED) is 0.820. The van der Waals surface area contributed by atoms with Crippen LogP contribution in [0.5, 0.6) is 0 Å². The standard InChI is InChI=1S/C16H14Cl2FN/c17-13-5-2-6-14(18)12(13)9-15(19)11-4-1-3-10-7-8-20-16(10)11/h1-6,15,20H,7-9H2. The molecule has 20 heavy (non-hydrogen) atoms. The van der Waals surface area contributed by atoms with Crippen LogP contribution in [0.25, 0.3) is 0 Å². The molecule has 1 aliphatic heterocycles. The van der Waals surface area contributed by atoms with Gasteiger partial charge in [0.25, 0.3) is 0 Å². The summed E-state index contributed by atoms with van der Waals surface area (Å²) in [6, 6.07) is 11.0. The molecule has 1 heterocycles. The molecule has 2 aromatic rings. The second kappa shape index (κ2) is 5.63. The SMILES string of the molecule is FC(Cc1c(Cl)cccc1Cl)c1cccc2c1NCC2. The lowest BCUT2D eigenvalue weighted by Gasteiger charge is -2.15. The number of rotatable bonds is 3. The summed E-state index contributed by atoms with van der Waals surface area (Å²) in [5.41, 5.74) is 3.47. The van der Waals surface area contributed by atoms with Crippen molar-refractivity contribution in [2.75, 3.05) is 11.9 Å². The van der Waals surface area contributed by atoms with E-state index in [1.54, 1.807) is 18.2 Å². The monoisotopic (exact) mass is 309 g/mol. The molecule has 0 spiro atoms. The summed E-state index contributed by atoms with van der Waals surface area (Å²) in [5, 5.41) is 4.29. The van der Waals surface area contributed by atoms with Gasteiger partial charge in [-0.1, -0.05) is 47.5 Å². The van der Waals surface area contributed by atoms with Crippen LogP contribution >= 0.6 is 23.2 Å². The van der Waals surface area contributed by atoms with Crippen LogP contribution in [0.2, 0.25) is 10.0 Å². The van der Waals surface area contributed by atoms with Gasteiger partial charge in [-0.05, 0) is 29.7 Å². The summed E-state index contributed by atoms with van der Waals surface area (Å²) in [6.07, 6.45) is 0.0206. The van der Waals surface area contributed by atoms with E-state index in [9.17, 15) is 4.39 Å². The van der Waals surface area contributed by atoms with Crippen molar-refractivity contribution < 1.29 is 4.39 Å². The molecule has 0 saturated heterocycles. The van der Waals surface area contributed by atoms with Gasteiger partial charge < -0.3 is 5.32 Å². The fourth-order valence-corrected chi connectivity index (χ4v) is 3.20. The Morgan fingerprint density at radius 1 is 1.10 bits per heavy atom. The van der Waals surface area contributed by atoms with Gasteiger partial charge in [0, 0.05) is 34.3 Å². The van der Waals surface area contributed by atoms with Crippen LogP contribution in [0.15, 0.2) is 36.4 Å². The second-order valence-corrected chi connectivity index (χ2v) is 5.74. The zero-order chi connectivity index (χ0) is 14.1. The maximum Gasteiger partial charge on any atom is 0.131 e. The predicted molar refractivity (Wildman–Crippen MR) is 82.7 cm³/mol. The number of para-hydroxylation sites is 1. The third-order valence-electron chi connectivity index (χ3n) is 3.66. The number of fused-ring (bicyclic) bond motifs is 1. The van der Waals surface area contributed by atoms with Crippen LogP contribution in [-0.2, 0) is 12.8 Å². The average Bonchev–Trinajstić information content (AvgIpc) is 2.91. The van der Waals surface area contributed by atoms with E-state index < -0.39 is 6.17 Å². The van der Waals surface area contributed by atoms with Crippen LogP contribution in [0.4, 0.5) is 10.1 Å². The zero-order valence-corrected chi connectivity index (χ0v) is 12.3. The fourth-order valence-electron chi connectivity index (χ4n) is 2.64. The van der Waals surface area contributed by atoms with Crippen LogP contribution in [0.1, 0.15) is 22.9 Å². The van der Waals surface area contributed by atoms with E-state index >= 15 is 0 Å². The van der Waals surface area contributed by atoms with Gasteiger partial charge in [0.15, 0.2) is 0 Å². The number of anilines is 1. The van der Waals surface area contributed by atoms with Gasteiger partial charge in [-0.25, -0.2) is 4.39 Å². The maximum atomic E-state index is 14.7. The van der Waals surface area contributed by atoms with Crippen LogP contribution < -0.4 is 5.32 Å². The van der Waals surface area contributed by atoms with E-state index in [0.717, 1.165) is 18.7 Å². The Bertz CT molecular complexity index is 622. The van der Waals surface area contributed by atoms with Gasteiger partial charge in [0.2, 0.25) is 0 Å². The van der Waals surface area contributed by atoms with Crippen molar-refractivity contribution in [3.63, 3.8) is 0 Å². The van der Waals surface area contributed by atoms with Gasteiger partial charge in [0.1, 0.15) is 6.17 Å². The number of alkyl halides is 1. The highest BCUT2D eigenvalue weighted by Gasteiger charge is 2.21. The van der Waals surface area contributed by atoms with E-state index in [-0.39, 0.29) is 6.42 Å². The summed E-state index contributed by atoms with van der Waals surface area (Å²) < 4.78 is 14.7. The Labute approximate surface area is 127 Å². The lowest BCUT2D eigenvalue weighted by atomic mass is 9.99. The molecule has 104 valence electrons. The number of benzene rings is 2. The summed E-state index contributed by atoms with van der Waals surface area (Å²) in [4.78, 5) is 0. The first kappa shape index (κ1) is 13.7. The number of nitrogens with one attached hydrogen (secondary N) is 1. The van der Waals surface area contributed by atoms with Crippen LogP contribution in [-0.4, -0.2) is 6.54 Å². The first-order chi connectivity index (χ1) is 9.66. The third kappa shape index (κ3) is 2.50. The molecule has 0 saturated carbocycles. The number of halogens is 3. The Hall–Kier alpha value is -1.25.